The number of anilines is 1. The fraction of sp³-hybridized carbons (Fsp3) is 0.421. The maximum Gasteiger partial charge on any atom is 0.573 e. The molecule has 2 aliphatic rings. The van der Waals surface area contributed by atoms with E-state index >= 15 is 0 Å². The summed E-state index contributed by atoms with van der Waals surface area (Å²) in [4.78, 5) is 22.8. The van der Waals surface area contributed by atoms with Crippen LogP contribution in [0.3, 0.4) is 0 Å². The summed E-state index contributed by atoms with van der Waals surface area (Å²) in [6.07, 6.45) is -1.57. The standard InChI is InChI=1S/C19H19F3N4O3/c20-19(21,22)29-14-4-2-1-3-13(14)16(27)26-8-6-18(7-9-26)15-12(5-10-28-18)11-24-17(23)25-15/h1-4,11H,5-10H2,(H2,23,24,25). The third-order valence-electron chi connectivity index (χ3n) is 5.27. The predicted octanol–water partition coefficient (Wildman–Crippen LogP) is 2.66. The van der Waals surface area contributed by atoms with E-state index in [-0.39, 0.29) is 11.5 Å². The van der Waals surface area contributed by atoms with Gasteiger partial charge in [-0.15, -0.1) is 13.2 Å². The van der Waals surface area contributed by atoms with Crippen molar-refractivity contribution in [3.63, 3.8) is 0 Å². The number of nitrogens with zero attached hydrogens (tertiary/aromatic N) is 3. The first-order chi connectivity index (χ1) is 13.8. The van der Waals surface area contributed by atoms with E-state index in [9.17, 15) is 18.0 Å². The van der Waals surface area contributed by atoms with Crippen LogP contribution in [0, 0.1) is 0 Å². The molecule has 7 nitrogen and oxygen atoms in total. The number of para-hydroxylation sites is 1. The van der Waals surface area contributed by atoms with Crippen molar-refractivity contribution in [2.24, 2.45) is 0 Å². The van der Waals surface area contributed by atoms with Gasteiger partial charge in [-0.05, 0) is 37.0 Å². The van der Waals surface area contributed by atoms with Crippen LogP contribution in [0.1, 0.15) is 34.5 Å². The molecule has 0 radical (unpaired) electrons. The maximum absolute atomic E-state index is 12.9. The second-order valence-electron chi connectivity index (χ2n) is 7.03. The summed E-state index contributed by atoms with van der Waals surface area (Å²) in [5, 5.41) is 0. The third kappa shape index (κ3) is 3.84. The second kappa shape index (κ2) is 7.18. The number of rotatable bonds is 2. The SMILES string of the molecule is Nc1ncc2c(n1)C1(CCN(C(=O)c3ccccc3OC(F)(F)F)CC1)OCC2. The molecule has 2 aromatic rings. The Labute approximate surface area is 164 Å². The van der Waals surface area contributed by atoms with Crippen molar-refractivity contribution in [3.8, 4) is 5.75 Å². The fourth-order valence-electron chi connectivity index (χ4n) is 3.90. The predicted molar refractivity (Wildman–Crippen MR) is 96.0 cm³/mol. The van der Waals surface area contributed by atoms with Gasteiger partial charge in [-0.25, -0.2) is 9.97 Å². The third-order valence-corrected chi connectivity index (χ3v) is 5.27. The number of nitrogens with two attached hydrogens (primary N) is 1. The van der Waals surface area contributed by atoms with E-state index in [1.165, 1.54) is 23.1 Å². The van der Waals surface area contributed by atoms with Crippen molar-refractivity contribution >= 4 is 11.9 Å². The molecule has 2 N–H and O–H groups in total. The van der Waals surface area contributed by atoms with Gasteiger partial charge in [0.05, 0.1) is 17.9 Å². The number of piperidine rings is 1. The molecule has 0 atom stereocenters. The van der Waals surface area contributed by atoms with Gasteiger partial charge in [-0.1, -0.05) is 12.1 Å². The van der Waals surface area contributed by atoms with E-state index in [0.29, 0.717) is 39.0 Å². The van der Waals surface area contributed by atoms with Gasteiger partial charge < -0.3 is 20.1 Å². The number of alkyl halides is 3. The number of likely N-dealkylation sites (tertiary alicyclic amines) is 1. The van der Waals surface area contributed by atoms with E-state index < -0.39 is 23.6 Å². The molecular formula is C19H19F3N4O3. The van der Waals surface area contributed by atoms with Gasteiger partial charge >= 0.3 is 6.36 Å². The Balaban J connectivity index is 1.53. The number of carbonyl (C=O) groups is 1. The molecule has 4 rings (SSSR count). The lowest BCUT2D eigenvalue weighted by atomic mass is 9.83. The average Bonchev–Trinajstić information content (AvgIpc) is 2.68. The Morgan fingerprint density at radius 1 is 1.24 bits per heavy atom. The minimum Gasteiger partial charge on any atom is -0.405 e. The van der Waals surface area contributed by atoms with Gasteiger partial charge in [0, 0.05) is 19.3 Å². The molecule has 29 heavy (non-hydrogen) atoms. The molecule has 1 aromatic carbocycles. The topological polar surface area (TPSA) is 90.6 Å². The van der Waals surface area contributed by atoms with Crippen molar-refractivity contribution < 1.29 is 27.4 Å². The summed E-state index contributed by atoms with van der Waals surface area (Å²) < 4.78 is 48.0. The molecule has 2 aliphatic heterocycles. The van der Waals surface area contributed by atoms with Crippen LogP contribution >= 0.6 is 0 Å². The molecule has 1 amide bonds. The Bertz CT molecular complexity index is 927. The van der Waals surface area contributed by atoms with Crippen molar-refractivity contribution in [3.05, 3.63) is 47.3 Å². The largest absolute Gasteiger partial charge is 0.573 e. The van der Waals surface area contributed by atoms with Crippen LogP contribution in [0.15, 0.2) is 30.5 Å². The molecule has 1 spiro atoms. The van der Waals surface area contributed by atoms with Gasteiger partial charge in [-0.3, -0.25) is 4.79 Å². The minimum absolute atomic E-state index is 0.127. The molecule has 0 aliphatic carbocycles. The monoisotopic (exact) mass is 408 g/mol. The lowest BCUT2D eigenvalue weighted by Crippen LogP contribution is -2.49. The number of halogens is 3. The Hall–Kier alpha value is -2.88. The molecule has 0 saturated carbocycles. The van der Waals surface area contributed by atoms with Gasteiger partial charge in [0.1, 0.15) is 11.4 Å². The number of nitrogen functional groups attached to an aromatic ring is 1. The van der Waals surface area contributed by atoms with E-state index in [1.807, 2.05) is 0 Å². The Morgan fingerprint density at radius 2 is 1.97 bits per heavy atom. The Kier molecular flexibility index (Phi) is 4.81. The second-order valence-corrected chi connectivity index (χ2v) is 7.03. The van der Waals surface area contributed by atoms with E-state index in [4.69, 9.17) is 10.5 Å². The van der Waals surface area contributed by atoms with E-state index in [1.54, 1.807) is 6.20 Å². The first-order valence-electron chi connectivity index (χ1n) is 9.17. The number of amides is 1. The highest BCUT2D eigenvalue weighted by atomic mass is 19.4. The van der Waals surface area contributed by atoms with Crippen molar-refractivity contribution in [2.45, 2.75) is 31.2 Å². The summed E-state index contributed by atoms with van der Waals surface area (Å²) >= 11 is 0. The molecule has 154 valence electrons. The van der Waals surface area contributed by atoms with Crippen LogP contribution in [0.2, 0.25) is 0 Å². The molecule has 0 unspecified atom stereocenters. The number of aromatic nitrogens is 2. The summed E-state index contributed by atoms with van der Waals surface area (Å²) in [5.74, 6) is -0.867. The first kappa shape index (κ1) is 19.4. The van der Waals surface area contributed by atoms with Crippen molar-refractivity contribution in [1.29, 1.82) is 0 Å². The number of carbonyl (C=O) groups excluding carboxylic acids is 1. The lowest BCUT2D eigenvalue weighted by Gasteiger charge is -2.44. The molecule has 1 saturated heterocycles. The van der Waals surface area contributed by atoms with Gasteiger partial charge in [0.2, 0.25) is 5.95 Å². The number of hydrogen-bond acceptors (Lipinski definition) is 6. The summed E-state index contributed by atoms with van der Waals surface area (Å²) in [6, 6.07) is 5.35. The zero-order chi connectivity index (χ0) is 20.6. The number of fused-ring (bicyclic) bond motifs is 2. The van der Waals surface area contributed by atoms with Crippen LogP contribution in [0.4, 0.5) is 19.1 Å². The lowest BCUT2D eigenvalue weighted by molar-refractivity contribution is -0.274. The van der Waals surface area contributed by atoms with Crippen LogP contribution in [0.5, 0.6) is 5.75 Å². The highest BCUT2D eigenvalue weighted by Crippen LogP contribution is 2.41. The smallest absolute Gasteiger partial charge is 0.405 e. The fourth-order valence-corrected chi connectivity index (χ4v) is 3.90. The molecule has 10 heteroatoms. The van der Waals surface area contributed by atoms with Crippen molar-refractivity contribution in [1.82, 2.24) is 14.9 Å². The zero-order valence-electron chi connectivity index (χ0n) is 15.4. The van der Waals surface area contributed by atoms with Crippen LogP contribution in [-0.2, 0) is 16.8 Å². The molecule has 0 bridgehead atoms. The summed E-state index contributed by atoms with van der Waals surface area (Å²) in [5.41, 5.74) is 6.66. The van der Waals surface area contributed by atoms with Crippen LogP contribution in [-0.4, -0.2) is 46.8 Å². The average molecular weight is 408 g/mol. The minimum atomic E-state index is -4.87. The maximum atomic E-state index is 12.9. The first-order valence-corrected chi connectivity index (χ1v) is 9.17. The molecule has 1 aromatic heterocycles. The summed E-state index contributed by atoms with van der Waals surface area (Å²) in [6.45, 7) is 1.13. The highest BCUT2D eigenvalue weighted by Gasteiger charge is 2.44. The van der Waals surface area contributed by atoms with Gasteiger partial charge in [-0.2, -0.15) is 0 Å². The van der Waals surface area contributed by atoms with E-state index in [2.05, 4.69) is 14.7 Å². The quantitative estimate of drug-likeness (QED) is 0.822. The highest BCUT2D eigenvalue weighted by molar-refractivity contribution is 5.97. The number of hydrogen-bond donors (Lipinski definition) is 1. The zero-order valence-corrected chi connectivity index (χ0v) is 15.4. The molecule has 1 fully saturated rings. The number of ether oxygens (including phenoxy) is 2. The normalized spacial score (nSPS) is 18.4. The van der Waals surface area contributed by atoms with Crippen LogP contribution < -0.4 is 10.5 Å². The van der Waals surface area contributed by atoms with Crippen LogP contribution in [0.25, 0.3) is 0 Å². The Morgan fingerprint density at radius 3 is 2.69 bits per heavy atom. The number of benzene rings is 1. The summed E-state index contributed by atoms with van der Waals surface area (Å²) in [7, 11) is 0. The van der Waals surface area contributed by atoms with Gasteiger partial charge in [0.25, 0.3) is 5.91 Å². The van der Waals surface area contributed by atoms with E-state index in [0.717, 1.165) is 17.3 Å². The molecular weight excluding hydrogens is 389 g/mol. The van der Waals surface area contributed by atoms with Crippen molar-refractivity contribution in [2.75, 3.05) is 25.4 Å². The molecule has 3 heterocycles. The van der Waals surface area contributed by atoms with Gasteiger partial charge in [0.15, 0.2) is 0 Å².